The summed E-state index contributed by atoms with van der Waals surface area (Å²) in [5.41, 5.74) is 2.63. The fraction of sp³-hybridized carbons (Fsp3) is 0.500. The molecule has 3 atom stereocenters. The highest BCUT2D eigenvalue weighted by molar-refractivity contribution is 7.10. The Balaban J connectivity index is 1.54. The van der Waals surface area contributed by atoms with Crippen LogP contribution in [-0.4, -0.2) is 30.9 Å². The van der Waals surface area contributed by atoms with Crippen molar-refractivity contribution in [3.63, 3.8) is 0 Å². The highest BCUT2D eigenvalue weighted by Crippen LogP contribution is 2.46. The van der Waals surface area contributed by atoms with Crippen molar-refractivity contribution in [3.8, 4) is 0 Å². The van der Waals surface area contributed by atoms with Crippen molar-refractivity contribution in [3.05, 3.63) is 57.8 Å². The van der Waals surface area contributed by atoms with Gasteiger partial charge < -0.3 is 9.47 Å². The minimum absolute atomic E-state index is 0.107. The van der Waals surface area contributed by atoms with Crippen molar-refractivity contribution < 1.29 is 9.47 Å². The molecular weight excluding hydrogens is 318 g/mol. The molecule has 3 unspecified atom stereocenters. The number of benzene rings is 1. The predicted octanol–water partition coefficient (Wildman–Crippen LogP) is 4.17. The molecule has 4 rings (SSSR count). The third-order valence-electron chi connectivity index (χ3n) is 5.49. The lowest BCUT2D eigenvalue weighted by Gasteiger charge is -2.48. The summed E-state index contributed by atoms with van der Waals surface area (Å²) < 4.78 is 12.0. The topological polar surface area (TPSA) is 21.7 Å². The molecule has 128 valence electrons. The average molecular weight is 343 g/mol. The molecule has 2 aliphatic heterocycles. The van der Waals surface area contributed by atoms with E-state index in [2.05, 4.69) is 53.6 Å². The third-order valence-corrected chi connectivity index (χ3v) is 6.43. The monoisotopic (exact) mass is 343 g/mol. The Morgan fingerprint density at radius 1 is 1.29 bits per heavy atom. The number of nitrogens with zero attached hydrogens (tertiary/aromatic N) is 1. The van der Waals surface area contributed by atoms with Crippen molar-refractivity contribution in [1.82, 2.24) is 4.90 Å². The predicted molar refractivity (Wildman–Crippen MR) is 97.1 cm³/mol. The van der Waals surface area contributed by atoms with Crippen molar-refractivity contribution >= 4 is 11.3 Å². The van der Waals surface area contributed by atoms with Crippen LogP contribution in [0.15, 0.2) is 41.8 Å². The Bertz CT molecular complexity index is 686. The molecule has 1 spiro atoms. The van der Waals surface area contributed by atoms with Crippen molar-refractivity contribution in [1.29, 1.82) is 0 Å². The molecule has 0 N–H and O–H groups in total. The summed E-state index contributed by atoms with van der Waals surface area (Å²) in [6.45, 7) is 4.40. The van der Waals surface area contributed by atoms with Gasteiger partial charge in [0, 0.05) is 37.5 Å². The summed E-state index contributed by atoms with van der Waals surface area (Å²) in [5, 5.41) is 2.20. The molecule has 3 heterocycles. The summed E-state index contributed by atoms with van der Waals surface area (Å²) in [6, 6.07) is 13.5. The van der Waals surface area contributed by atoms with E-state index >= 15 is 0 Å². The van der Waals surface area contributed by atoms with Crippen molar-refractivity contribution in [2.45, 2.75) is 50.7 Å². The van der Waals surface area contributed by atoms with E-state index in [9.17, 15) is 0 Å². The number of hydrogen-bond donors (Lipinski definition) is 0. The van der Waals surface area contributed by atoms with Crippen LogP contribution in [0.4, 0.5) is 0 Å². The van der Waals surface area contributed by atoms with Crippen LogP contribution in [0.2, 0.25) is 0 Å². The van der Waals surface area contributed by atoms with Crippen LogP contribution in [-0.2, 0) is 28.0 Å². The van der Waals surface area contributed by atoms with Gasteiger partial charge in [-0.2, -0.15) is 0 Å². The van der Waals surface area contributed by atoms with Gasteiger partial charge >= 0.3 is 0 Å². The van der Waals surface area contributed by atoms with E-state index in [4.69, 9.17) is 9.47 Å². The number of fused-ring (bicyclic) bond motifs is 2. The fourth-order valence-electron chi connectivity index (χ4n) is 4.20. The van der Waals surface area contributed by atoms with Crippen LogP contribution in [0.5, 0.6) is 0 Å². The number of likely N-dealkylation sites (tertiary alicyclic amines) is 1. The maximum Gasteiger partial charge on any atom is 0.163 e. The zero-order valence-corrected chi connectivity index (χ0v) is 15.2. The maximum absolute atomic E-state index is 6.48. The van der Waals surface area contributed by atoms with Crippen molar-refractivity contribution in [2.75, 3.05) is 13.7 Å². The Kier molecular flexibility index (Phi) is 4.48. The van der Waals surface area contributed by atoms with Gasteiger partial charge in [0.25, 0.3) is 0 Å². The molecule has 0 aliphatic carbocycles. The number of rotatable bonds is 3. The zero-order valence-electron chi connectivity index (χ0n) is 14.4. The van der Waals surface area contributed by atoms with E-state index < -0.39 is 0 Å². The van der Waals surface area contributed by atoms with Crippen LogP contribution in [0.3, 0.4) is 0 Å². The SMILES string of the molecule is COC1Cc2sccc2C2(CCN(Cc3ccccc3)C(C)C2)O1. The molecule has 1 aromatic carbocycles. The number of piperidine rings is 1. The quantitative estimate of drug-likeness (QED) is 0.835. The number of hydrogen-bond acceptors (Lipinski definition) is 4. The molecule has 0 radical (unpaired) electrons. The molecule has 2 aromatic rings. The van der Waals surface area contributed by atoms with Gasteiger partial charge in [-0.05, 0) is 42.3 Å². The largest absolute Gasteiger partial charge is 0.355 e. The van der Waals surface area contributed by atoms with Gasteiger partial charge in [-0.15, -0.1) is 11.3 Å². The smallest absolute Gasteiger partial charge is 0.163 e. The van der Waals surface area contributed by atoms with E-state index in [1.54, 1.807) is 7.11 Å². The molecule has 3 nitrogen and oxygen atoms in total. The minimum Gasteiger partial charge on any atom is -0.355 e. The normalized spacial score (nSPS) is 30.4. The second-order valence-electron chi connectivity index (χ2n) is 7.00. The highest BCUT2D eigenvalue weighted by Gasteiger charge is 2.46. The van der Waals surface area contributed by atoms with Crippen LogP contribution in [0.1, 0.15) is 35.8 Å². The summed E-state index contributed by atoms with van der Waals surface area (Å²) in [6.07, 6.45) is 2.84. The first-order chi connectivity index (χ1) is 11.7. The van der Waals surface area contributed by atoms with Crippen molar-refractivity contribution in [2.24, 2.45) is 0 Å². The first-order valence-corrected chi connectivity index (χ1v) is 9.63. The number of methoxy groups -OCH3 is 1. The zero-order chi connectivity index (χ0) is 16.6. The molecule has 0 amide bonds. The van der Waals surface area contributed by atoms with Crippen LogP contribution in [0, 0.1) is 0 Å². The van der Waals surface area contributed by atoms with Gasteiger partial charge in [0.1, 0.15) is 5.60 Å². The molecule has 0 bridgehead atoms. The van der Waals surface area contributed by atoms with Crippen LogP contribution < -0.4 is 0 Å². The highest BCUT2D eigenvalue weighted by atomic mass is 32.1. The molecule has 1 aromatic heterocycles. The second-order valence-corrected chi connectivity index (χ2v) is 8.00. The van der Waals surface area contributed by atoms with E-state index in [1.165, 1.54) is 16.0 Å². The molecule has 1 fully saturated rings. The summed E-state index contributed by atoms with van der Waals surface area (Å²) in [4.78, 5) is 4.02. The summed E-state index contributed by atoms with van der Waals surface area (Å²) in [5.74, 6) is 0. The van der Waals surface area contributed by atoms with Gasteiger partial charge in [0.15, 0.2) is 6.29 Å². The van der Waals surface area contributed by atoms with Crippen LogP contribution in [0.25, 0.3) is 0 Å². The van der Waals surface area contributed by atoms with Gasteiger partial charge in [-0.1, -0.05) is 30.3 Å². The van der Waals surface area contributed by atoms with E-state index in [0.29, 0.717) is 6.04 Å². The lowest BCUT2D eigenvalue weighted by Crippen LogP contribution is -2.52. The van der Waals surface area contributed by atoms with E-state index in [0.717, 1.165) is 32.4 Å². The standard InChI is InChI=1S/C20H25NO2S/c1-15-13-20(9-10-21(15)14-16-6-4-3-5-7-16)17-8-11-24-18(17)12-19(22-2)23-20/h3-8,11,15,19H,9-10,12-14H2,1-2H3. The number of thiophene rings is 1. The Hall–Kier alpha value is -1.20. The maximum atomic E-state index is 6.48. The van der Waals surface area contributed by atoms with Gasteiger partial charge in [0.05, 0.1) is 0 Å². The molecule has 4 heteroatoms. The van der Waals surface area contributed by atoms with Gasteiger partial charge in [-0.3, -0.25) is 4.90 Å². The molecule has 0 saturated carbocycles. The van der Waals surface area contributed by atoms with E-state index in [-0.39, 0.29) is 11.9 Å². The van der Waals surface area contributed by atoms with Gasteiger partial charge in [0.2, 0.25) is 0 Å². The Morgan fingerprint density at radius 3 is 2.88 bits per heavy atom. The summed E-state index contributed by atoms with van der Waals surface area (Å²) >= 11 is 1.84. The first kappa shape index (κ1) is 16.3. The molecular formula is C20H25NO2S. The third kappa shape index (κ3) is 2.93. The first-order valence-electron chi connectivity index (χ1n) is 8.76. The molecule has 1 saturated heterocycles. The van der Waals surface area contributed by atoms with Crippen LogP contribution >= 0.6 is 11.3 Å². The Morgan fingerprint density at radius 2 is 2.12 bits per heavy atom. The fourth-order valence-corrected chi connectivity index (χ4v) is 5.18. The lowest BCUT2D eigenvalue weighted by atomic mass is 9.79. The number of ether oxygens (including phenoxy) is 2. The lowest BCUT2D eigenvalue weighted by molar-refractivity contribution is -0.231. The molecule has 24 heavy (non-hydrogen) atoms. The Labute approximate surface area is 148 Å². The summed E-state index contributed by atoms with van der Waals surface area (Å²) in [7, 11) is 1.75. The van der Waals surface area contributed by atoms with E-state index in [1.807, 2.05) is 11.3 Å². The average Bonchev–Trinajstić information content (AvgIpc) is 3.08. The molecule has 2 aliphatic rings. The minimum atomic E-state index is -0.166. The van der Waals surface area contributed by atoms with Gasteiger partial charge in [-0.25, -0.2) is 0 Å². The second kappa shape index (κ2) is 6.60.